The zero-order valence-electron chi connectivity index (χ0n) is 12.0. The van der Waals surface area contributed by atoms with Crippen molar-refractivity contribution in [3.8, 4) is 0 Å². The highest BCUT2D eigenvalue weighted by Crippen LogP contribution is 2.40. The summed E-state index contributed by atoms with van der Waals surface area (Å²) in [5.41, 5.74) is 8.97. The maximum atomic E-state index is 6.04. The van der Waals surface area contributed by atoms with Crippen molar-refractivity contribution in [3.63, 3.8) is 0 Å². The minimum atomic E-state index is 0.421. The maximum absolute atomic E-state index is 6.04. The number of rotatable bonds is 5. The number of hydrogen-bond donors (Lipinski definition) is 1. The fourth-order valence-corrected chi connectivity index (χ4v) is 3.38. The average molecular weight is 258 g/mol. The molecule has 1 aliphatic carbocycles. The van der Waals surface area contributed by atoms with Gasteiger partial charge in [-0.25, -0.2) is 0 Å². The molecule has 3 rings (SSSR count). The Kier molecular flexibility index (Phi) is 3.90. The standard InChI is InChI=1S/C17H26N2/c1-2-13-9-10-19(12-13)17(11-18)16-7-5-15(6-8-16)14-3-4-14/h5-8,13-14,17H,2-4,9-12,18H2,1H3. The van der Waals surface area contributed by atoms with Crippen molar-refractivity contribution in [2.45, 2.75) is 44.6 Å². The van der Waals surface area contributed by atoms with Gasteiger partial charge in [-0.15, -0.1) is 0 Å². The van der Waals surface area contributed by atoms with Crippen LogP contribution in [0.15, 0.2) is 24.3 Å². The Balaban J connectivity index is 1.70. The monoisotopic (exact) mass is 258 g/mol. The van der Waals surface area contributed by atoms with Crippen LogP contribution in [0.3, 0.4) is 0 Å². The molecule has 2 atom stereocenters. The second-order valence-corrected chi connectivity index (χ2v) is 6.25. The van der Waals surface area contributed by atoms with Crippen LogP contribution >= 0.6 is 0 Å². The van der Waals surface area contributed by atoms with Crippen LogP contribution in [0.2, 0.25) is 0 Å². The van der Waals surface area contributed by atoms with Gasteiger partial charge in [0.25, 0.3) is 0 Å². The van der Waals surface area contributed by atoms with Gasteiger partial charge in [-0.05, 0) is 48.8 Å². The first kappa shape index (κ1) is 13.1. The third kappa shape index (κ3) is 2.85. The topological polar surface area (TPSA) is 29.3 Å². The summed E-state index contributed by atoms with van der Waals surface area (Å²) < 4.78 is 0. The van der Waals surface area contributed by atoms with Gasteiger partial charge < -0.3 is 5.73 Å². The zero-order valence-corrected chi connectivity index (χ0v) is 12.0. The maximum Gasteiger partial charge on any atom is 0.0470 e. The van der Waals surface area contributed by atoms with Gasteiger partial charge in [0, 0.05) is 19.1 Å². The molecule has 1 saturated carbocycles. The Bertz CT molecular complexity index is 408. The normalized spacial score (nSPS) is 25.7. The molecular formula is C17H26N2. The first-order chi connectivity index (χ1) is 9.31. The molecule has 19 heavy (non-hydrogen) atoms. The minimum Gasteiger partial charge on any atom is -0.329 e. The van der Waals surface area contributed by atoms with E-state index < -0.39 is 0 Å². The van der Waals surface area contributed by atoms with E-state index in [1.807, 2.05) is 0 Å². The van der Waals surface area contributed by atoms with Crippen molar-refractivity contribution in [2.75, 3.05) is 19.6 Å². The zero-order chi connectivity index (χ0) is 13.2. The van der Waals surface area contributed by atoms with Crippen molar-refractivity contribution in [1.82, 2.24) is 4.90 Å². The molecule has 0 radical (unpaired) electrons. The van der Waals surface area contributed by atoms with Gasteiger partial charge in [0.1, 0.15) is 0 Å². The van der Waals surface area contributed by atoms with Gasteiger partial charge in [0.2, 0.25) is 0 Å². The summed E-state index contributed by atoms with van der Waals surface area (Å²) in [5.74, 6) is 1.72. The predicted octanol–water partition coefficient (Wildman–Crippen LogP) is 3.30. The summed E-state index contributed by atoms with van der Waals surface area (Å²) in [6, 6.07) is 9.69. The van der Waals surface area contributed by atoms with E-state index in [-0.39, 0.29) is 0 Å². The van der Waals surface area contributed by atoms with Crippen LogP contribution in [0, 0.1) is 5.92 Å². The highest BCUT2D eigenvalue weighted by molar-refractivity contribution is 5.30. The number of likely N-dealkylation sites (tertiary alicyclic amines) is 1. The summed E-state index contributed by atoms with van der Waals surface area (Å²) >= 11 is 0. The quantitative estimate of drug-likeness (QED) is 0.878. The van der Waals surface area contributed by atoms with E-state index in [0.717, 1.165) is 18.4 Å². The highest BCUT2D eigenvalue weighted by Gasteiger charge is 2.28. The molecule has 2 unspecified atom stereocenters. The average Bonchev–Trinajstić information content (AvgIpc) is 3.20. The van der Waals surface area contributed by atoms with E-state index in [4.69, 9.17) is 5.73 Å². The van der Waals surface area contributed by atoms with Crippen LogP contribution < -0.4 is 5.73 Å². The summed E-state index contributed by atoms with van der Waals surface area (Å²) in [6.07, 6.45) is 5.40. The van der Waals surface area contributed by atoms with E-state index in [1.54, 1.807) is 0 Å². The summed E-state index contributed by atoms with van der Waals surface area (Å²) in [4.78, 5) is 2.58. The number of nitrogens with two attached hydrogens (primary N) is 1. The summed E-state index contributed by atoms with van der Waals surface area (Å²) in [5, 5.41) is 0. The smallest absolute Gasteiger partial charge is 0.0470 e. The molecule has 2 aliphatic rings. The van der Waals surface area contributed by atoms with Crippen LogP contribution in [-0.2, 0) is 0 Å². The Morgan fingerprint density at radius 3 is 2.47 bits per heavy atom. The van der Waals surface area contributed by atoms with Crippen molar-refractivity contribution >= 4 is 0 Å². The van der Waals surface area contributed by atoms with Gasteiger partial charge in [-0.2, -0.15) is 0 Å². The summed E-state index contributed by atoms with van der Waals surface area (Å²) in [7, 11) is 0. The molecule has 1 heterocycles. The Morgan fingerprint density at radius 2 is 1.95 bits per heavy atom. The number of hydrogen-bond acceptors (Lipinski definition) is 2. The first-order valence-electron chi connectivity index (χ1n) is 7.85. The lowest BCUT2D eigenvalue weighted by molar-refractivity contribution is 0.241. The Hall–Kier alpha value is -0.860. The predicted molar refractivity (Wildman–Crippen MR) is 80.2 cm³/mol. The van der Waals surface area contributed by atoms with Gasteiger partial charge in [-0.1, -0.05) is 37.6 Å². The molecule has 0 bridgehead atoms. The van der Waals surface area contributed by atoms with Crippen molar-refractivity contribution in [2.24, 2.45) is 11.7 Å². The molecule has 0 aromatic heterocycles. The van der Waals surface area contributed by atoms with Crippen LogP contribution in [-0.4, -0.2) is 24.5 Å². The van der Waals surface area contributed by atoms with Crippen LogP contribution in [0.25, 0.3) is 0 Å². The lowest BCUT2D eigenvalue weighted by Gasteiger charge is -2.27. The van der Waals surface area contributed by atoms with E-state index in [2.05, 4.69) is 36.1 Å². The molecule has 2 N–H and O–H groups in total. The fraction of sp³-hybridized carbons (Fsp3) is 0.647. The Morgan fingerprint density at radius 1 is 1.21 bits per heavy atom. The molecule has 104 valence electrons. The third-order valence-electron chi connectivity index (χ3n) is 4.93. The fourth-order valence-electron chi connectivity index (χ4n) is 3.38. The van der Waals surface area contributed by atoms with E-state index in [0.29, 0.717) is 6.04 Å². The van der Waals surface area contributed by atoms with Crippen molar-refractivity contribution in [3.05, 3.63) is 35.4 Å². The lowest BCUT2D eigenvalue weighted by Crippen LogP contribution is -2.32. The SMILES string of the molecule is CCC1CCN(C(CN)c2ccc(C3CC3)cc2)C1. The molecule has 1 aromatic rings. The van der Waals surface area contributed by atoms with Crippen LogP contribution in [0.5, 0.6) is 0 Å². The van der Waals surface area contributed by atoms with E-state index >= 15 is 0 Å². The van der Waals surface area contributed by atoms with Crippen molar-refractivity contribution in [1.29, 1.82) is 0 Å². The van der Waals surface area contributed by atoms with Crippen LogP contribution in [0.1, 0.15) is 55.7 Å². The third-order valence-corrected chi connectivity index (χ3v) is 4.93. The summed E-state index contributed by atoms with van der Waals surface area (Å²) in [6.45, 7) is 5.47. The second kappa shape index (κ2) is 5.64. The second-order valence-electron chi connectivity index (χ2n) is 6.25. The molecule has 1 aromatic carbocycles. The van der Waals surface area contributed by atoms with Gasteiger partial charge in [-0.3, -0.25) is 4.90 Å². The largest absolute Gasteiger partial charge is 0.329 e. The molecule has 1 aliphatic heterocycles. The number of benzene rings is 1. The minimum absolute atomic E-state index is 0.421. The molecule has 2 nitrogen and oxygen atoms in total. The molecule has 2 heteroatoms. The van der Waals surface area contributed by atoms with Crippen molar-refractivity contribution < 1.29 is 0 Å². The molecule has 0 amide bonds. The van der Waals surface area contributed by atoms with E-state index in [1.165, 1.54) is 49.9 Å². The van der Waals surface area contributed by atoms with Gasteiger partial charge in [0.15, 0.2) is 0 Å². The van der Waals surface area contributed by atoms with Crippen LogP contribution in [0.4, 0.5) is 0 Å². The molecular weight excluding hydrogens is 232 g/mol. The molecule has 0 spiro atoms. The van der Waals surface area contributed by atoms with Gasteiger partial charge in [0.05, 0.1) is 0 Å². The Labute approximate surface area is 117 Å². The molecule has 2 fully saturated rings. The lowest BCUT2D eigenvalue weighted by atomic mass is 10.0. The number of nitrogens with zero attached hydrogens (tertiary/aromatic N) is 1. The van der Waals surface area contributed by atoms with E-state index in [9.17, 15) is 0 Å². The molecule has 1 saturated heterocycles. The first-order valence-corrected chi connectivity index (χ1v) is 7.85. The highest BCUT2D eigenvalue weighted by atomic mass is 15.2. The van der Waals surface area contributed by atoms with Gasteiger partial charge >= 0.3 is 0 Å².